The number of halogens is 1. The summed E-state index contributed by atoms with van der Waals surface area (Å²) in [7, 11) is 0. The van der Waals surface area contributed by atoms with E-state index in [0.717, 1.165) is 5.56 Å². The average molecular weight is 370 g/mol. The van der Waals surface area contributed by atoms with E-state index in [0.29, 0.717) is 22.5 Å². The summed E-state index contributed by atoms with van der Waals surface area (Å²) in [6.07, 6.45) is 1.83. The fourth-order valence-electron chi connectivity index (χ4n) is 3.02. The van der Waals surface area contributed by atoms with Crippen LogP contribution in [0.2, 0.25) is 0 Å². The van der Waals surface area contributed by atoms with Gasteiger partial charge < -0.3 is 5.32 Å². The minimum absolute atomic E-state index is 0.203. The van der Waals surface area contributed by atoms with Crippen LogP contribution in [0.3, 0.4) is 0 Å². The molecule has 0 saturated heterocycles. The lowest BCUT2D eigenvalue weighted by atomic mass is 10.1. The molecule has 0 aliphatic rings. The van der Waals surface area contributed by atoms with Crippen LogP contribution in [0.15, 0.2) is 72.9 Å². The van der Waals surface area contributed by atoms with Crippen molar-refractivity contribution in [3.8, 4) is 17.5 Å². The third-order valence-electron chi connectivity index (χ3n) is 4.38. The summed E-state index contributed by atoms with van der Waals surface area (Å²) in [5.74, 6) is -0.0776. The van der Waals surface area contributed by atoms with Gasteiger partial charge in [-0.05, 0) is 54.1 Å². The van der Waals surface area contributed by atoms with Crippen molar-refractivity contribution in [3.63, 3.8) is 0 Å². The second kappa shape index (κ2) is 7.33. The first-order valence-electron chi connectivity index (χ1n) is 8.66. The van der Waals surface area contributed by atoms with Gasteiger partial charge in [-0.3, -0.25) is 9.20 Å². The van der Waals surface area contributed by atoms with Crippen molar-refractivity contribution in [2.75, 3.05) is 0 Å². The molecule has 5 nitrogen and oxygen atoms in total. The van der Waals surface area contributed by atoms with Gasteiger partial charge in [0, 0.05) is 18.3 Å². The zero-order valence-corrected chi connectivity index (χ0v) is 14.8. The topological polar surface area (TPSA) is 70.2 Å². The zero-order chi connectivity index (χ0) is 19.5. The molecule has 136 valence electrons. The zero-order valence-electron chi connectivity index (χ0n) is 14.8. The number of nitrogens with one attached hydrogen (secondary N) is 1. The van der Waals surface area contributed by atoms with Crippen molar-refractivity contribution in [2.24, 2.45) is 0 Å². The van der Waals surface area contributed by atoms with E-state index in [1.807, 2.05) is 28.8 Å². The van der Waals surface area contributed by atoms with Crippen molar-refractivity contribution < 1.29 is 9.18 Å². The Balaban J connectivity index is 1.67. The van der Waals surface area contributed by atoms with Crippen LogP contribution in [-0.4, -0.2) is 15.3 Å². The van der Waals surface area contributed by atoms with Crippen LogP contribution in [0.25, 0.3) is 16.9 Å². The van der Waals surface area contributed by atoms with Crippen molar-refractivity contribution in [3.05, 3.63) is 95.6 Å². The molecule has 4 rings (SSSR count). The summed E-state index contributed by atoms with van der Waals surface area (Å²) in [6, 6.07) is 20.7. The van der Waals surface area contributed by atoms with Crippen molar-refractivity contribution >= 4 is 11.4 Å². The number of fused-ring (bicyclic) bond motifs is 1. The average Bonchev–Trinajstić information content (AvgIpc) is 3.12. The number of amides is 1. The predicted octanol–water partition coefficient (Wildman–Crippen LogP) is 3.94. The SMILES string of the molecule is N#Cc1ccc(-c2nc(C(=O)NCc3cccc(F)c3)c3ccccn23)cc1. The minimum Gasteiger partial charge on any atom is -0.347 e. The van der Waals surface area contributed by atoms with Crippen molar-refractivity contribution in [1.82, 2.24) is 14.7 Å². The summed E-state index contributed by atoms with van der Waals surface area (Å²) >= 11 is 0. The van der Waals surface area contributed by atoms with Crippen LogP contribution >= 0.6 is 0 Å². The van der Waals surface area contributed by atoms with Gasteiger partial charge in [0.05, 0.1) is 17.1 Å². The molecule has 1 N–H and O–H groups in total. The van der Waals surface area contributed by atoms with E-state index in [-0.39, 0.29) is 24.0 Å². The van der Waals surface area contributed by atoms with Gasteiger partial charge in [-0.1, -0.05) is 18.2 Å². The Morgan fingerprint density at radius 3 is 2.68 bits per heavy atom. The van der Waals surface area contributed by atoms with Gasteiger partial charge in [0.25, 0.3) is 5.91 Å². The number of hydrogen-bond acceptors (Lipinski definition) is 3. The molecular formula is C22H15FN4O. The molecule has 28 heavy (non-hydrogen) atoms. The molecule has 0 spiro atoms. The highest BCUT2D eigenvalue weighted by molar-refractivity contribution is 6.00. The van der Waals surface area contributed by atoms with Crippen LogP contribution in [0.4, 0.5) is 4.39 Å². The molecule has 0 aliphatic heterocycles. The molecular weight excluding hydrogens is 355 g/mol. The summed E-state index contributed by atoms with van der Waals surface area (Å²) in [4.78, 5) is 17.3. The lowest BCUT2D eigenvalue weighted by molar-refractivity contribution is 0.0948. The monoisotopic (exact) mass is 370 g/mol. The van der Waals surface area contributed by atoms with Crippen LogP contribution in [0.1, 0.15) is 21.6 Å². The maximum atomic E-state index is 13.3. The first-order valence-corrected chi connectivity index (χ1v) is 8.66. The van der Waals surface area contributed by atoms with Gasteiger partial charge in [0.15, 0.2) is 5.69 Å². The lowest BCUT2D eigenvalue weighted by Gasteiger charge is -2.04. The fourth-order valence-corrected chi connectivity index (χ4v) is 3.02. The molecule has 4 aromatic rings. The second-order valence-electron chi connectivity index (χ2n) is 6.24. The molecule has 6 heteroatoms. The van der Waals surface area contributed by atoms with E-state index < -0.39 is 0 Å². The number of carbonyl (C=O) groups is 1. The number of benzene rings is 2. The number of rotatable bonds is 4. The van der Waals surface area contributed by atoms with Crippen LogP contribution in [-0.2, 0) is 6.54 Å². The molecule has 0 atom stereocenters. The molecule has 0 saturated carbocycles. The molecule has 0 fully saturated rings. The maximum absolute atomic E-state index is 13.3. The Morgan fingerprint density at radius 1 is 1.11 bits per heavy atom. The predicted molar refractivity (Wildman–Crippen MR) is 103 cm³/mol. The van der Waals surface area contributed by atoms with E-state index in [1.165, 1.54) is 12.1 Å². The molecule has 0 bridgehead atoms. The normalized spacial score (nSPS) is 10.6. The highest BCUT2D eigenvalue weighted by Gasteiger charge is 2.18. The third kappa shape index (κ3) is 3.33. The van der Waals surface area contributed by atoms with Gasteiger partial charge in [0.2, 0.25) is 0 Å². The molecule has 0 aliphatic carbocycles. The van der Waals surface area contributed by atoms with Gasteiger partial charge in [0.1, 0.15) is 11.6 Å². The maximum Gasteiger partial charge on any atom is 0.272 e. The van der Waals surface area contributed by atoms with Gasteiger partial charge in [-0.25, -0.2) is 9.37 Å². The smallest absolute Gasteiger partial charge is 0.272 e. The number of hydrogen-bond donors (Lipinski definition) is 1. The largest absolute Gasteiger partial charge is 0.347 e. The molecule has 1 amide bonds. The molecule has 2 heterocycles. The molecule has 0 unspecified atom stereocenters. The standard InChI is InChI=1S/C22H15FN4O/c23-18-5-3-4-16(12-18)14-25-22(28)20-19-6-1-2-11-27(19)21(26-20)17-9-7-15(13-24)8-10-17/h1-12H,14H2,(H,25,28). The minimum atomic E-state index is -0.345. The first kappa shape index (κ1) is 17.4. The van der Waals surface area contributed by atoms with E-state index in [2.05, 4.69) is 16.4 Å². The Hall–Kier alpha value is -3.98. The number of aromatic nitrogens is 2. The summed E-state index contributed by atoms with van der Waals surface area (Å²) in [5.41, 5.74) is 2.97. The highest BCUT2D eigenvalue weighted by Crippen LogP contribution is 2.23. The lowest BCUT2D eigenvalue weighted by Crippen LogP contribution is -2.23. The van der Waals surface area contributed by atoms with Gasteiger partial charge >= 0.3 is 0 Å². The summed E-state index contributed by atoms with van der Waals surface area (Å²) in [5, 5.41) is 11.8. The van der Waals surface area contributed by atoms with Crippen molar-refractivity contribution in [2.45, 2.75) is 6.54 Å². The quantitative estimate of drug-likeness (QED) is 0.591. The number of carbonyl (C=O) groups excluding carboxylic acids is 1. The number of nitrogens with zero attached hydrogens (tertiary/aromatic N) is 3. The van der Waals surface area contributed by atoms with E-state index >= 15 is 0 Å². The van der Waals surface area contributed by atoms with Gasteiger partial charge in [-0.2, -0.15) is 5.26 Å². The van der Waals surface area contributed by atoms with Crippen LogP contribution < -0.4 is 5.32 Å². The summed E-state index contributed by atoms with van der Waals surface area (Å²) in [6.45, 7) is 0.203. The number of nitriles is 1. The number of imidazole rings is 1. The number of pyridine rings is 1. The van der Waals surface area contributed by atoms with E-state index in [9.17, 15) is 9.18 Å². The van der Waals surface area contributed by atoms with Crippen LogP contribution in [0, 0.1) is 17.1 Å². The van der Waals surface area contributed by atoms with Crippen LogP contribution in [0.5, 0.6) is 0 Å². The fraction of sp³-hybridized carbons (Fsp3) is 0.0455. The van der Waals surface area contributed by atoms with Gasteiger partial charge in [-0.15, -0.1) is 0 Å². The molecule has 2 aromatic carbocycles. The second-order valence-corrected chi connectivity index (χ2v) is 6.24. The highest BCUT2D eigenvalue weighted by atomic mass is 19.1. The Bertz CT molecular complexity index is 1210. The Kier molecular flexibility index (Phi) is 4.56. The Labute approximate surface area is 160 Å². The first-order chi connectivity index (χ1) is 13.7. The van der Waals surface area contributed by atoms with E-state index in [4.69, 9.17) is 5.26 Å². The van der Waals surface area contributed by atoms with E-state index in [1.54, 1.807) is 36.4 Å². The Morgan fingerprint density at radius 2 is 1.93 bits per heavy atom. The molecule has 0 radical (unpaired) electrons. The summed E-state index contributed by atoms with van der Waals surface area (Å²) < 4.78 is 15.2. The molecule has 2 aromatic heterocycles. The third-order valence-corrected chi connectivity index (χ3v) is 4.38. The van der Waals surface area contributed by atoms with Crippen molar-refractivity contribution in [1.29, 1.82) is 5.26 Å².